The zero-order valence-electron chi connectivity index (χ0n) is 19.2. The van der Waals surface area contributed by atoms with Crippen molar-refractivity contribution in [2.45, 2.75) is 77.9 Å². The molecule has 2 heterocycles. The zero-order chi connectivity index (χ0) is 24.2. The monoisotopic (exact) mass is 448 g/mol. The van der Waals surface area contributed by atoms with Crippen LogP contribution in [-0.4, -0.2) is 49.0 Å². The highest BCUT2D eigenvalue weighted by Gasteiger charge is 2.48. The van der Waals surface area contributed by atoms with E-state index in [2.05, 4.69) is 5.32 Å². The van der Waals surface area contributed by atoms with Gasteiger partial charge in [0.25, 0.3) is 11.5 Å². The van der Waals surface area contributed by atoms with Crippen molar-refractivity contribution < 1.29 is 14.7 Å². The summed E-state index contributed by atoms with van der Waals surface area (Å²) in [6.07, 6.45) is 2.30. The third-order valence-corrected chi connectivity index (χ3v) is 6.85. The lowest BCUT2D eigenvalue weighted by Crippen LogP contribution is -2.50. The van der Waals surface area contributed by atoms with Crippen molar-refractivity contribution in [1.29, 1.82) is 5.41 Å². The molecule has 1 aromatic rings. The molecule has 176 valence electrons. The van der Waals surface area contributed by atoms with Gasteiger partial charge in [-0.25, -0.2) is 9.59 Å². The van der Waals surface area contributed by atoms with E-state index in [1.165, 1.54) is 4.57 Å². The van der Waals surface area contributed by atoms with Crippen molar-refractivity contribution in [3.63, 3.8) is 0 Å². The van der Waals surface area contributed by atoms with Crippen molar-refractivity contribution in [3.8, 4) is 5.88 Å². The fourth-order valence-corrected chi connectivity index (χ4v) is 4.71. The molecule has 1 saturated heterocycles. The Morgan fingerprint density at radius 3 is 2.19 bits per heavy atom. The first-order valence-electron chi connectivity index (χ1n) is 10.8. The standard InChI is InChI=1S/C21H32N6O5/c1-11(2)26-15(28)13(14(22)23)16(29)27(19(26)32)12-6-8-21(5,9-7-12)10-25-18(31)24-17(30)20(25,3)4/h11-12,29H,6-10H2,1-5H3,(H3,22,23)(H,24,30,31). The molecule has 3 rings (SSSR count). The summed E-state index contributed by atoms with van der Waals surface area (Å²) in [5.41, 5.74) is 2.53. The molecule has 1 aromatic heterocycles. The topological polar surface area (TPSA) is 164 Å². The Labute approximate surface area is 185 Å². The molecule has 11 nitrogen and oxygen atoms in total. The smallest absolute Gasteiger partial charge is 0.334 e. The molecular weight excluding hydrogens is 416 g/mol. The van der Waals surface area contributed by atoms with Gasteiger partial charge in [-0.05, 0) is 58.8 Å². The Hall–Kier alpha value is -3.11. The Morgan fingerprint density at radius 2 is 1.75 bits per heavy atom. The average Bonchev–Trinajstić information content (AvgIpc) is 2.84. The number of aromatic nitrogens is 2. The molecule has 0 unspecified atom stereocenters. The van der Waals surface area contributed by atoms with Gasteiger partial charge < -0.3 is 15.7 Å². The lowest BCUT2D eigenvalue weighted by molar-refractivity contribution is -0.125. The highest BCUT2D eigenvalue weighted by atomic mass is 16.3. The van der Waals surface area contributed by atoms with E-state index in [4.69, 9.17) is 11.1 Å². The minimum Gasteiger partial charge on any atom is -0.494 e. The van der Waals surface area contributed by atoms with Crippen LogP contribution in [0.5, 0.6) is 5.88 Å². The van der Waals surface area contributed by atoms with Crippen LogP contribution in [0.1, 0.15) is 77.9 Å². The molecule has 2 fully saturated rings. The first kappa shape index (κ1) is 23.6. The lowest BCUT2D eigenvalue weighted by Gasteiger charge is -2.42. The summed E-state index contributed by atoms with van der Waals surface area (Å²) >= 11 is 0. The first-order valence-corrected chi connectivity index (χ1v) is 10.8. The van der Waals surface area contributed by atoms with Crippen LogP contribution >= 0.6 is 0 Å². The van der Waals surface area contributed by atoms with Gasteiger partial charge in [-0.15, -0.1) is 0 Å². The van der Waals surface area contributed by atoms with Crippen LogP contribution in [-0.2, 0) is 4.79 Å². The van der Waals surface area contributed by atoms with Crippen LogP contribution in [0.15, 0.2) is 9.59 Å². The molecule has 0 radical (unpaired) electrons. The Morgan fingerprint density at radius 1 is 1.19 bits per heavy atom. The van der Waals surface area contributed by atoms with E-state index in [9.17, 15) is 24.3 Å². The number of rotatable bonds is 5. The Balaban J connectivity index is 1.91. The Bertz CT molecular complexity index is 1090. The molecule has 1 aliphatic carbocycles. The number of hydrogen-bond acceptors (Lipinski definition) is 6. The number of aromatic hydroxyl groups is 1. The molecule has 0 aromatic carbocycles. The Kier molecular flexibility index (Phi) is 5.73. The SMILES string of the molecule is CC(C)n1c(=O)c(C(=N)N)c(O)n(C2CCC(C)(CN3C(=O)NC(=O)C3(C)C)CC2)c1=O. The molecule has 5 N–H and O–H groups in total. The molecule has 1 aliphatic heterocycles. The van der Waals surface area contributed by atoms with Gasteiger partial charge in [0.1, 0.15) is 16.9 Å². The van der Waals surface area contributed by atoms with Crippen LogP contribution < -0.4 is 22.3 Å². The normalized spacial score (nSPS) is 25.3. The van der Waals surface area contributed by atoms with E-state index < -0.39 is 40.6 Å². The van der Waals surface area contributed by atoms with Crippen molar-refractivity contribution in [3.05, 3.63) is 26.4 Å². The van der Waals surface area contributed by atoms with Crippen LogP contribution in [0.3, 0.4) is 0 Å². The maximum atomic E-state index is 13.1. The van der Waals surface area contributed by atoms with E-state index in [1.54, 1.807) is 32.6 Å². The third-order valence-electron chi connectivity index (χ3n) is 6.85. The maximum Gasteiger partial charge on any atom is 0.334 e. The van der Waals surface area contributed by atoms with E-state index in [0.29, 0.717) is 32.2 Å². The van der Waals surface area contributed by atoms with Gasteiger partial charge in [0.05, 0.1) is 0 Å². The number of urea groups is 1. The summed E-state index contributed by atoms with van der Waals surface area (Å²) in [6, 6.07) is -1.27. The number of nitrogens with two attached hydrogens (primary N) is 1. The number of imide groups is 1. The van der Waals surface area contributed by atoms with Crippen molar-refractivity contribution >= 4 is 17.8 Å². The van der Waals surface area contributed by atoms with Gasteiger partial charge in [0.2, 0.25) is 5.88 Å². The summed E-state index contributed by atoms with van der Waals surface area (Å²) in [5.74, 6) is -1.50. The average molecular weight is 449 g/mol. The van der Waals surface area contributed by atoms with Crippen molar-refractivity contribution in [1.82, 2.24) is 19.4 Å². The quantitative estimate of drug-likeness (QED) is 0.298. The van der Waals surface area contributed by atoms with Crippen LogP contribution in [0.4, 0.5) is 4.79 Å². The number of nitrogens with zero attached hydrogens (tertiary/aromatic N) is 3. The van der Waals surface area contributed by atoms with Gasteiger partial charge >= 0.3 is 11.7 Å². The van der Waals surface area contributed by atoms with Crippen molar-refractivity contribution in [2.75, 3.05) is 6.54 Å². The summed E-state index contributed by atoms with van der Waals surface area (Å²) in [7, 11) is 0. The number of carbonyl (C=O) groups is 2. The van der Waals surface area contributed by atoms with E-state index in [0.717, 1.165) is 4.57 Å². The van der Waals surface area contributed by atoms with E-state index >= 15 is 0 Å². The molecule has 32 heavy (non-hydrogen) atoms. The van der Waals surface area contributed by atoms with Gasteiger partial charge in [0, 0.05) is 18.6 Å². The summed E-state index contributed by atoms with van der Waals surface area (Å²) in [5, 5.41) is 20.8. The second-order valence-corrected chi connectivity index (χ2v) is 9.98. The molecule has 1 saturated carbocycles. The number of amides is 3. The van der Waals surface area contributed by atoms with Gasteiger partial charge in [-0.1, -0.05) is 6.92 Å². The highest BCUT2D eigenvalue weighted by Crippen LogP contribution is 2.43. The third kappa shape index (κ3) is 3.69. The lowest BCUT2D eigenvalue weighted by atomic mass is 9.73. The first-order chi connectivity index (χ1) is 14.7. The summed E-state index contributed by atoms with van der Waals surface area (Å²) in [4.78, 5) is 51.6. The van der Waals surface area contributed by atoms with E-state index in [-0.39, 0.29) is 22.9 Å². The van der Waals surface area contributed by atoms with Crippen LogP contribution in [0, 0.1) is 10.8 Å². The minimum atomic E-state index is -0.935. The molecule has 3 amide bonds. The van der Waals surface area contributed by atoms with Crippen LogP contribution in [0.2, 0.25) is 0 Å². The van der Waals surface area contributed by atoms with E-state index in [1.807, 2.05) is 6.92 Å². The highest BCUT2D eigenvalue weighted by molar-refractivity contribution is 6.06. The number of nitrogens with one attached hydrogen (secondary N) is 2. The molecule has 11 heteroatoms. The molecular formula is C21H32N6O5. The van der Waals surface area contributed by atoms with Crippen molar-refractivity contribution in [2.24, 2.45) is 11.1 Å². The second kappa shape index (κ2) is 7.79. The molecule has 0 spiro atoms. The van der Waals surface area contributed by atoms with Gasteiger partial charge in [-0.3, -0.25) is 29.4 Å². The van der Waals surface area contributed by atoms with Crippen LogP contribution in [0.25, 0.3) is 0 Å². The van der Waals surface area contributed by atoms with Gasteiger partial charge in [0.15, 0.2) is 0 Å². The number of hydrogen-bond donors (Lipinski definition) is 4. The predicted octanol–water partition coefficient (Wildman–Crippen LogP) is 1.03. The zero-order valence-corrected chi connectivity index (χ0v) is 19.2. The minimum absolute atomic E-state index is 0.287. The second-order valence-electron chi connectivity index (χ2n) is 9.98. The maximum absolute atomic E-state index is 13.1. The number of amidine groups is 1. The summed E-state index contributed by atoms with van der Waals surface area (Å²) < 4.78 is 2.18. The van der Waals surface area contributed by atoms with Gasteiger partial charge in [-0.2, -0.15) is 0 Å². The fourth-order valence-electron chi connectivity index (χ4n) is 4.71. The largest absolute Gasteiger partial charge is 0.494 e. The summed E-state index contributed by atoms with van der Waals surface area (Å²) in [6.45, 7) is 9.19. The predicted molar refractivity (Wildman–Crippen MR) is 118 cm³/mol. The molecule has 2 aliphatic rings. The fraction of sp³-hybridized carbons (Fsp3) is 0.667. The molecule has 0 bridgehead atoms. The number of carbonyl (C=O) groups excluding carboxylic acids is 2. The molecule has 0 atom stereocenters. The number of nitrogen functional groups attached to an aromatic ring is 1.